The molecule has 1 N–H and O–H groups in total. The van der Waals surface area contributed by atoms with Crippen molar-refractivity contribution in [2.45, 2.75) is 39.2 Å². The molecule has 9 heteroatoms. The Balaban J connectivity index is 1.36. The van der Waals surface area contributed by atoms with Crippen molar-refractivity contribution < 1.29 is 9.53 Å². The number of piperidine rings is 1. The van der Waals surface area contributed by atoms with Crippen LogP contribution in [0.25, 0.3) is 4.96 Å². The minimum atomic E-state index is -0.137. The number of ether oxygens (including phenoxy) is 1. The van der Waals surface area contributed by atoms with Crippen LogP contribution in [0.2, 0.25) is 0 Å². The lowest BCUT2D eigenvalue weighted by molar-refractivity contribution is -0.125. The van der Waals surface area contributed by atoms with Crippen molar-refractivity contribution >= 4 is 27.3 Å². The molecule has 0 radical (unpaired) electrons. The first-order valence-electron chi connectivity index (χ1n) is 10.6. The van der Waals surface area contributed by atoms with E-state index in [0.29, 0.717) is 11.5 Å². The van der Waals surface area contributed by atoms with Crippen molar-refractivity contribution in [2.24, 2.45) is 5.92 Å². The number of hydrogen-bond donors (Lipinski definition) is 1. The largest absolute Gasteiger partial charge is 0.496 e. The van der Waals surface area contributed by atoms with Crippen LogP contribution < -0.4 is 20.5 Å². The SMILES string of the molecule is CCCc1cc(=O)n2nc(N3CCC(C(=O)NCc4ccccc4OC)CC3)sc2n1. The minimum absolute atomic E-state index is 0.0302. The minimum Gasteiger partial charge on any atom is -0.496 e. The van der Waals surface area contributed by atoms with E-state index in [1.54, 1.807) is 13.2 Å². The summed E-state index contributed by atoms with van der Waals surface area (Å²) in [6.45, 7) is 3.97. The molecule has 2 aromatic heterocycles. The van der Waals surface area contributed by atoms with Gasteiger partial charge in [0.25, 0.3) is 5.56 Å². The highest BCUT2D eigenvalue weighted by atomic mass is 32.1. The lowest BCUT2D eigenvalue weighted by Crippen LogP contribution is -2.40. The van der Waals surface area contributed by atoms with Gasteiger partial charge in [-0.25, -0.2) is 4.98 Å². The van der Waals surface area contributed by atoms with Crippen molar-refractivity contribution in [3.05, 3.63) is 51.9 Å². The normalized spacial score (nSPS) is 14.7. The first-order valence-corrected chi connectivity index (χ1v) is 11.4. The van der Waals surface area contributed by atoms with Crippen molar-refractivity contribution in [1.29, 1.82) is 0 Å². The number of carbonyl (C=O) groups excluding carboxylic acids is 1. The predicted molar refractivity (Wildman–Crippen MR) is 121 cm³/mol. The lowest BCUT2D eigenvalue weighted by atomic mass is 9.96. The number of methoxy groups -OCH3 is 1. The third-order valence-electron chi connectivity index (χ3n) is 5.58. The second-order valence-electron chi connectivity index (χ2n) is 7.71. The van der Waals surface area contributed by atoms with Crippen LogP contribution >= 0.6 is 11.3 Å². The summed E-state index contributed by atoms with van der Waals surface area (Å²) in [5, 5.41) is 8.30. The van der Waals surface area contributed by atoms with Gasteiger partial charge in [0, 0.05) is 42.9 Å². The monoisotopic (exact) mass is 441 g/mol. The highest BCUT2D eigenvalue weighted by Crippen LogP contribution is 2.27. The molecule has 31 heavy (non-hydrogen) atoms. The zero-order valence-corrected chi connectivity index (χ0v) is 18.7. The molecular weight excluding hydrogens is 414 g/mol. The van der Waals surface area contributed by atoms with Gasteiger partial charge in [-0.3, -0.25) is 9.59 Å². The van der Waals surface area contributed by atoms with Gasteiger partial charge >= 0.3 is 0 Å². The van der Waals surface area contributed by atoms with Crippen LogP contribution in [-0.2, 0) is 17.8 Å². The molecule has 1 amide bonds. The average Bonchev–Trinajstić information content (AvgIpc) is 3.23. The highest BCUT2D eigenvalue weighted by Gasteiger charge is 2.27. The second-order valence-corrected chi connectivity index (χ2v) is 8.64. The Bertz CT molecular complexity index is 1120. The van der Waals surface area contributed by atoms with Gasteiger partial charge in [-0.15, -0.1) is 5.10 Å². The molecule has 1 aliphatic rings. The molecule has 8 nitrogen and oxygen atoms in total. The van der Waals surface area contributed by atoms with Gasteiger partial charge in [-0.1, -0.05) is 42.9 Å². The van der Waals surface area contributed by atoms with E-state index in [2.05, 4.69) is 27.2 Å². The number of para-hydroxylation sites is 1. The number of anilines is 1. The van der Waals surface area contributed by atoms with Crippen molar-refractivity contribution in [1.82, 2.24) is 19.9 Å². The summed E-state index contributed by atoms with van der Waals surface area (Å²) in [5.41, 5.74) is 1.64. The summed E-state index contributed by atoms with van der Waals surface area (Å²) in [6.07, 6.45) is 3.23. The first kappa shape index (κ1) is 21.3. The topological polar surface area (TPSA) is 88.8 Å². The molecule has 0 spiro atoms. The lowest BCUT2D eigenvalue weighted by Gasteiger charge is -2.30. The molecule has 1 saturated heterocycles. The molecule has 3 aromatic rings. The fourth-order valence-corrected chi connectivity index (χ4v) is 4.84. The van der Waals surface area contributed by atoms with Crippen LogP contribution in [0.5, 0.6) is 5.75 Å². The van der Waals surface area contributed by atoms with E-state index in [9.17, 15) is 9.59 Å². The average molecular weight is 442 g/mol. The quantitative estimate of drug-likeness (QED) is 0.606. The smallest absolute Gasteiger partial charge is 0.275 e. The number of hydrogen-bond acceptors (Lipinski definition) is 7. The molecule has 4 rings (SSSR count). The Hall–Kier alpha value is -2.94. The van der Waals surface area contributed by atoms with E-state index in [1.165, 1.54) is 15.9 Å². The van der Waals surface area contributed by atoms with E-state index >= 15 is 0 Å². The van der Waals surface area contributed by atoms with Gasteiger partial charge in [0.05, 0.1) is 7.11 Å². The molecule has 1 aliphatic heterocycles. The van der Waals surface area contributed by atoms with Crippen LogP contribution in [0.1, 0.15) is 37.4 Å². The van der Waals surface area contributed by atoms with E-state index in [1.807, 2.05) is 24.3 Å². The third-order valence-corrected chi connectivity index (χ3v) is 6.54. The molecule has 0 atom stereocenters. The fourth-order valence-electron chi connectivity index (χ4n) is 3.87. The predicted octanol–water partition coefficient (Wildman–Crippen LogP) is 2.64. The highest BCUT2D eigenvalue weighted by molar-refractivity contribution is 7.20. The molecule has 3 heterocycles. The van der Waals surface area contributed by atoms with Crippen molar-refractivity contribution in [3.63, 3.8) is 0 Å². The number of carbonyl (C=O) groups is 1. The Morgan fingerprint density at radius 1 is 1.29 bits per heavy atom. The van der Waals surface area contributed by atoms with Crippen LogP contribution in [0.3, 0.4) is 0 Å². The van der Waals surface area contributed by atoms with Gasteiger partial charge in [-0.2, -0.15) is 4.52 Å². The van der Waals surface area contributed by atoms with Gasteiger partial charge < -0.3 is 15.0 Å². The summed E-state index contributed by atoms with van der Waals surface area (Å²) in [4.78, 5) is 32.3. The number of aryl methyl sites for hydroxylation is 1. The molecule has 1 fully saturated rings. The molecule has 0 unspecified atom stereocenters. The van der Waals surface area contributed by atoms with E-state index < -0.39 is 0 Å². The number of fused-ring (bicyclic) bond motifs is 1. The maximum atomic E-state index is 12.7. The second kappa shape index (κ2) is 9.47. The molecule has 0 bridgehead atoms. The zero-order chi connectivity index (χ0) is 21.8. The summed E-state index contributed by atoms with van der Waals surface area (Å²) in [6, 6.07) is 9.26. The van der Waals surface area contributed by atoms with Crippen molar-refractivity contribution in [3.8, 4) is 5.75 Å². The maximum absolute atomic E-state index is 12.7. The Morgan fingerprint density at radius 3 is 2.81 bits per heavy atom. The summed E-state index contributed by atoms with van der Waals surface area (Å²) in [7, 11) is 1.63. The van der Waals surface area contributed by atoms with Gasteiger partial charge in [-0.05, 0) is 25.3 Å². The van der Waals surface area contributed by atoms with E-state index in [0.717, 1.165) is 60.9 Å². The maximum Gasteiger partial charge on any atom is 0.275 e. The van der Waals surface area contributed by atoms with Crippen LogP contribution in [-0.4, -0.2) is 40.7 Å². The molecule has 0 saturated carbocycles. The number of nitrogens with zero attached hydrogens (tertiary/aromatic N) is 4. The van der Waals surface area contributed by atoms with Crippen molar-refractivity contribution in [2.75, 3.05) is 25.1 Å². The Labute approximate surface area is 184 Å². The first-order chi connectivity index (χ1) is 15.1. The van der Waals surface area contributed by atoms with Crippen LogP contribution in [0.15, 0.2) is 35.1 Å². The molecule has 0 aliphatic carbocycles. The Morgan fingerprint density at radius 2 is 2.06 bits per heavy atom. The zero-order valence-electron chi connectivity index (χ0n) is 17.8. The molecular formula is C22H27N5O3S. The van der Waals surface area contributed by atoms with Crippen LogP contribution in [0.4, 0.5) is 5.13 Å². The molecule has 164 valence electrons. The fraction of sp³-hybridized carbons (Fsp3) is 0.455. The number of aromatic nitrogens is 3. The van der Waals surface area contributed by atoms with E-state index in [4.69, 9.17) is 4.74 Å². The number of benzene rings is 1. The standard InChI is InChI=1S/C22H27N5O3S/c1-3-6-17-13-19(28)27-21(24-17)31-22(25-27)26-11-9-15(10-12-26)20(29)23-14-16-7-4-5-8-18(16)30-2/h4-5,7-8,13,15H,3,6,9-12,14H2,1-2H3,(H,23,29). The number of rotatable bonds is 7. The van der Waals surface area contributed by atoms with Gasteiger partial charge in [0.2, 0.25) is 16.0 Å². The van der Waals surface area contributed by atoms with Gasteiger partial charge in [0.15, 0.2) is 0 Å². The summed E-state index contributed by atoms with van der Waals surface area (Å²) < 4.78 is 6.73. The molecule has 1 aromatic carbocycles. The Kier molecular flexibility index (Phi) is 6.50. The number of amides is 1. The third kappa shape index (κ3) is 4.71. The van der Waals surface area contributed by atoms with Crippen LogP contribution in [0, 0.1) is 5.92 Å². The summed E-state index contributed by atoms with van der Waals surface area (Å²) >= 11 is 1.43. The van der Waals surface area contributed by atoms with Gasteiger partial charge in [0.1, 0.15) is 5.75 Å². The number of nitrogens with one attached hydrogen (secondary N) is 1. The summed E-state index contributed by atoms with van der Waals surface area (Å²) in [5.74, 6) is 0.814. The van der Waals surface area contributed by atoms with E-state index in [-0.39, 0.29) is 17.4 Å².